The number of ether oxygens (including phenoxy) is 1. The van der Waals surface area contributed by atoms with Gasteiger partial charge in [-0.3, -0.25) is 0 Å². The number of methoxy groups -OCH3 is 1. The number of hydrogen-bond donors (Lipinski definition) is 2. The molecule has 2 rings (SSSR count). The van der Waals surface area contributed by atoms with E-state index in [1.54, 1.807) is 13.2 Å². The molecule has 0 aromatic carbocycles. The van der Waals surface area contributed by atoms with Crippen LogP contribution in [0.3, 0.4) is 0 Å². The molecule has 0 unspecified atom stereocenters. The molecule has 0 atom stereocenters. The number of pyridine rings is 1. The molecule has 1 heterocycles. The number of nitrogens with zero attached hydrogens (tertiary/aromatic N) is 2. The van der Waals surface area contributed by atoms with Gasteiger partial charge in [0.2, 0.25) is 5.88 Å². The van der Waals surface area contributed by atoms with Crippen molar-refractivity contribution in [3.05, 3.63) is 23.9 Å². The van der Waals surface area contributed by atoms with Gasteiger partial charge >= 0.3 is 0 Å². The van der Waals surface area contributed by atoms with E-state index in [0.717, 1.165) is 5.69 Å². The molecule has 1 aliphatic carbocycles. The highest BCUT2D eigenvalue weighted by molar-refractivity contribution is 14.0. The maximum atomic E-state index is 5.71. The highest BCUT2D eigenvalue weighted by atomic mass is 127. The van der Waals surface area contributed by atoms with Gasteiger partial charge in [-0.2, -0.15) is 0 Å². The van der Waals surface area contributed by atoms with Crippen molar-refractivity contribution in [3.63, 3.8) is 0 Å². The zero-order valence-corrected chi connectivity index (χ0v) is 12.0. The average Bonchev–Trinajstić information content (AvgIpc) is 3.10. The van der Waals surface area contributed by atoms with Gasteiger partial charge in [0.1, 0.15) is 0 Å². The molecule has 17 heavy (non-hydrogen) atoms. The Labute approximate surface area is 118 Å². The van der Waals surface area contributed by atoms with Gasteiger partial charge in [-0.25, -0.2) is 9.98 Å². The summed E-state index contributed by atoms with van der Waals surface area (Å²) in [4.78, 5) is 8.46. The lowest BCUT2D eigenvalue weighted by atomic mass is 10.3. The van der Waals surface area contributed by atoms with Crippen molar-refractivity contribution in [2.45, 2.75) is 25.4 Å². The number of nitrogens with two attached hydrogens (primary N) is 1. The first-order valence-electron chi connectivity index (χ1n) is 5.34. The minimum absolute atomic E-state index is 0. The van der Waals surface area contributed by atoms with Gasteiger partial charge in [-0.15, -0.1) is 24.0 Å². The number of aromatic nitrogens is 1. The van der Waals surface area contributed by atoms with E-state index in [1.807, 2.05) is 12.1 Å². The largest absolute Gasteiger partial charge is 0.481 e. The molecule has 1 fully saturated rings. The molecule has 0 aliphatic heterocycles. The molecule has 0 saturated heterocycles. The van der Waals surface area contributed by atoms with Crippen molar-refractivity contribution in [1.29, 1.82) is 0 Å². The predicted molar refractivity (Wildman–Crippen MR) is 77.7 cm³/mol. The second-order valence-corrected chi connectivity index (χ2v) is 3.79. The average molecular weight is 348 g/mol. The van der Waals surface area contributed by atoms with E-state index in [-0.39, 0.29) is 24.0 Å². The lowest BCUT2D eigenvalue weighted by molar-refractivity contribution is 0.396. The third-order valence-electron chi connectivity index (χ3n) is 2.33. The zero-order chi connectivity index (χ0) is 11.4. The van der Waals surface area contributed by atoms with Crippen molar-refractivity contribution in [2.75, 3.05) is 7.11 Å². The molecule has 5 nitrogen and oxygen atoms in total. The number of halogens is 1. The minimum Gasteiger partial charge on any atom is -0.481 e. The van der Waals surface area contributed by atoms with E-state index in [1.165, 1.54) is 12.8 Å². The smallest absolute Gasteiger partial charge is 0.213 e. The second kappa shape index (κ2) is 6.63. The van der Waals surface area contributed by atoms with Crippen molar-refractivity contribution >= 4 is 29.9 Å². The quantitative estimate of drug-likeness (QED) is 0.488. The fourth-order valence-corrected chi connectivity index (χ4v) is 1.31. The van der Waals surface area contributed by atoms with E-state index in [2.05, 4.69) is 15.3 Å². The SMILES string of the molecule is COc1cccc(CN=C(N)NC2CC2)n1.I. The van der Waals surface area contributed by atoms with Crippen LogP contribution in [0.4, 0.5) is 0 Å². The number of aliphatic imine (C=N–C) groups is 1. The summed E-state index contributed by atoms with van der Waals surface area (Å²) >= 11 is 0. The summed E-state index contributed by atoms with van der Waals surface area (Å²) in [5.41, 5.74) is 6.56. The van der Waals surface area contributed by atoms with Crippen LogP contribution in [0.5, 0.6) is 5.88 Å². The molecule has 1 aromatic rings. The zero-order valence-electron chi connectivity index (χ0n) is 9.72. The highest BCUT2D eigenvalue weighted by Gasteiger charge is 2.21. The molecule has 0 bridgehead atoms. The normalized spacial score (nSPS) is 15.0. The lowest BCUT2D eigenvalue weighted by Gasteiger charge is -2.03. The summed E-state index contributed by atoms with van der Waals surface area (Å²) in [7, 11) is 1.60. The van der Waals surface area contributed by atoms with Gasteiger partial charge < -0.3 is 15.8 Å². The van der Waals surface area contributed by atoms with Crippen LogP contribution in [-0.2, 0) is 6.54 Å². The van der Waals surface area contributed by atoms with Crippen LogP contribution in [0.2, 0.25) is 0 Å². The molecule has 0 spiro atoms. The summed E-state index contributed by atoms with van der Waals surface area (Å²) in [6, 6.07) is 6.12. The van der Waals surface area contributed by atoms with Gasteiger partial charge in [-0.05, 0) is 18.9 Å². The third kappa shape index (κ3) is 4.76. The third-order valence-corrected chi connectivity index (χ3v) is 2.33. The van der Waals surface area contributed by atoms with Crippen LogP contribution in [0.25, 0.3) is 0 Å². The fraction of sp³-hybridized carbons (Fsp3) is 0.455. The maximum Gasteiger partial charge on any atom is 0.213 e. The standard InChI is InChI=1S/C11H16N4O.HI/c1-16-10-4-2-3-9(14-10)7-13-11(12)15-8-5-6-8;/h2-4,8H,5-7H2,1H3,(H3,12,13,15);1H. The van der Waals surface area contributed by atoms with Crippen molar-refractivity contribution in [3.8, 4) is 5.88 Å². The summed E-state index contributed by atoms with van der Waals surface area (Å²) < 4.78 is 5.03. The Hall–Kier alpha value is -1.05. The molecule has 94 valence electrons. The predicted octanol–water partition coefficient (Wildman–Crippen LogP) is 1.27. The van der Waals surface area contributed by atoms with E-state index in [9.17, 15) is 0 Å². The molecule has 1 saturated carbocycles. The monoisotopic (exact) mass is 348 g/mol. The van der Waals surface area contributed by atoms with Crippen LogP contribution >= 0.6 is 24.0 Å². The molecule has 1 aromatic heterocycles. The van der Waals surface area contributed by atoms with Crippen LogP contribution < -0.4 is 15.8 Å². The Morgan fingerprint density at radius 3 is 3.00 bits per heavy atom. The number of rotatable bonds is 4. The van der Waals surface area contributed by atoms with Gasteiger partial charge in [0.15, 0.2) is 5.96 Å². The van der Waals surface area contributed by atoms with Gasteiger partial charge in [0.25, 0.3) is 0 Å². The van der Waals surface area contributed by atoms with E-state index >= 15 is 0 Å². The van der Waals surface area contributed by atoms with Crippen LogP contribution in [0.1, 0.15) is 18.5 Å². The Balaban J connectivity index is 0.00000144. The molecule has 0 radical (unpaired) electrons. The first-order valence-corrected chi connectivity index (χ1v) is 5.34. The number of guanidine groups is 1. The topological polar surface area (TPSA) is 72.5 Å². The first kappa shape index (κ1) is 14.0. The van der Waals surface area contributed by atoms with Gasteiger partial charge in [0, 0.05) is 12.1 Å². The molecular weight excluding hydrogens is 331 g/mol. The summed E-state index contributed by atoms with van der Waals surface area (Å²) in [6.07, 6.45) is 2.38. The Morgan fingerprint density at radius 1 is 1.59 bits per heavy atom. The summed E-state index contributed by atoms with van der Waals surface area (Å²) in [5, 5.41) is 3.12. The van der Waals surface area contributed by atoms with Crippen molar-refractivity contribution < 1.29 is 4.74 Å². The fourth-order valence-electron chi connectivity index (χ4n) is 1.31. The molecule has 0 amide bonds. The first-order chi connectivity index (χ1) is 7.78. The highest BCUT2D eigenvalue weighted by Crippen LogP contribution is 2.18. The number of nitrogens with one attached hydrogen (secondary N) is 1. The molecular formula is C11H17IN4O. The van der Waals surface area contributed by atoms with Crippen LogP contribution in [-0.4, -0.2) is 24.1 Å². The minimum atomic E-state index is 0. The van der Waals surface area contributed by atoms with Gasteiger partial charge in [0.05, 0.1) is 19.3 Å². The van der Waals surface area contributed by atoms with Gasteiger partial charge in [-0.1, -0.05) is 6.07 Å². The van der Waals surface area contributed by atoms with E-state index in [4.69, 9.17) is 10.5 Å². The molecule has 3 N–H and O–H groups in total. The van der Waals surface area contributed by atoms with Crippen molar-refractivity contribution in [2.24, 2.45) is 10.7 Å². The molecule has 6 heteroatoms. The summed E-state index contributed by atoms with van der Waals surface area (Å²) in [5.74, 6) is 1.09. The van der Waals surface area contributed by atoms with E-state index < -0.39 is 0 Å². The van der Waals surface area contributed by atoms with Crippen LogP contribution in [0.15, 0.2) is 23.2 Å². The second-order valence-electron chi connectivity index (χ2n) is 3.79. The van der Waals surface area contributed by atoms with Crippen LogP contribution in [0, 0.1) is 0 Å². The maximum absolute atomic E-state index is 5.71. The Morgan fingerprint density at radius 2 is 2.35 bits per heavy atom. The lowest BCUT2D eigenvalue weighted by Crippen LogP contribution is -2.33. The number of hydrogen-bond acceptors (Lipinski definition) is 3. The Bertz CT molecular complexity index is 393. The van der Waals surface area contributed by atoms with Crippen molar-refractivity contribution in [1.82, 2.24) is 10.3 Å². The molecule has 1 aliphatic rings. The summed E-state index contributed by atoms with van der Waals surface area (Å²) in [6.45, 7) is 0.475. The van der Waals surface area contributed by atoms with E-state index in [0.29, 0.717) is 24.4 Å². The Kier molecular flexibility index (Phi) is 5.46.